The van der Waals surface area contributed by atoms with Gasteiger partial charge in [-0.25, -0.2) is 0 Å². The van der Waals surface area contributed by atoms with Crippen LogP contribution < -0.4 is 0 Å². The fraction of sp³-hybridized carbons (Fsp3) is 0.875. The second kappa shape index (κ2) is 14.7. The molecule has 6 saturated carbocycles. The van der Waals surface area contributed by atoms with Gasteiger partial charge >= 0.3 is 29.8 Å². The van der Waals surface area contributed by atoms with E-state index in [1.807, 2.05) is 41.5 Å². The summed E-state index contributed by atoms with van der Waals surface area (Å²) in [6.07, 6.45) is 9.14. The van der Waals surface area contributed by atoms with E-state index in [4.69, 9.17) is 18.9 Å². The van der Waals surface area contributed by atoms with Crippen molar-refractivity contribution in [1.29, 1.82) is 0 Å². The van der Waals surface area contributed by atoms with Gasteiger partial charge in [0.05, 0.1) is 30.3 Å². The van der Waals surface area contributed by atoms with E-state index in [1.54, 1.807) is 6.92 Å². The Kier molecular flexibility index (Phi) is 11.3. The van der Waals surface area contributed by atoms with Gasteiger partial charge in [0, 0.05) is 12.8 Å². The third kappa shape index (κ3) is 7.07. The van der Waals surface area contributed by atoms with Crippen LogP contribution >= 0.6 is 0 Å². The highest BCUT2D eigenvalue weighted by molar-refractivity contribution is 5.96. The first-order valence-corrected chi connectivity index (χ1v) is 19.4. The first-order chi connectivity index (χ1) is 23.1. The minimum atomic E-state index is -0.416. The third-order valence-corrected chi connectivity index (χ3v) is 13.7. The first kappa shape index (κ1) is 37.8. The van der Waals surface area contributed by atoms with Crippen molar-refractivity contribution in [3.8, 4) is 0 Å². The van der Waals surface area contributed by atoms with Crippen LogP contribution in [0.2, 0.25) is 0 Å². The second-order valence-electron chi connectivity index (χ2n) is 17.2. The molecule has 2 heterocycles. The number of hydrogen-bond donors (Lipinski definition) is 0. The van der Waals surface area contributed by atoms with Gasteiger partial charge in [0.15, 0.2) is 0 Å². The van der Waals surface area contributed by atoms with Crippen molar-refractivity contribution in [2.45, 2.75) is 126 Å². The molecule has 0 N–H and O–H groups in total. The van der Waals surface area contributed by atoms with Crippen LogP contribution in [0.5, 0.6) is 0 Å². The number of carbonyl (C=O) groups is 5. The molecule has 8 rings (SSSR count). The summed E-state index contributed by atoms with van der Waals surface area (Å²) in [6, 6.07) is 0. The molecular formula is C40H62O9. The van der Waals surface area contributed by atoms with Crippen LogP contribution in [0.25, 0.3) is 0 Å². The average molecular weight is 687 g/mol. The summed E-state index contributed by atoms with van der Waals surface area (Å²) in [5, 5.41) is 0. The van der Waals surface area contributed by atoms with Gasteiger partial charge in [-0.2, -0.15) is 0 Å². The van der Waals surface area contributed by atoms with E-state index in [0.29, 0.717) is 24.4 Å². The zero-order chi connectivity index (χ0) is 36.1. The molecule has 0 spiro atoms. The summed E-state index contributed by atoms with van der Waals surface area (Å²) in [4.78, 5) is 57.8. The lowest BCUT2D eigenvalue weighted by Crippen LogP contribution is -2.41. The Labute approximate surface area is 293 Å². The average Bonchev–Trinajstić information content (AvgIpc) is 3.89. The molecule has 0 aromatic carbocycles. The normalized spacial score (nSPS) is 43.6. The van der Waals surface area contributed by atoms with Gasteiger partial charge in [-0.3, -0.25) is 24.0 Å². The number of ether oxygens (including phenoxy) is 4. The van der Waals surface area contributed by atoms with Gasteiger partial charge in [-0.15, -0.1) is 0 Å². The van der Waals surface area contributed by atoms with E-state index in [-0.39, 0.29) is 65.1 Å². The zero-order valence-corrected chi connectivity index (χ0v) is 31.6. The number of esters is 5. The molecule has 276 valence electrons. The molecule has 2 saturated heterocycles. The molecule has 6 aliphatic carbocycles. The molecule has 2 aliphatic heterocycles. The SMILES string of the molecule is CC.CC(=O)OC(C)(C)C.CC1C(=O)OC(=O)C1C1C(C)C2CC1C1C(=O)OCC21.CCC(C)C(=O)OC1CC2CC1C1C3CCC(C3)C21. The number of carbonyl (C=O) groups excluding carboxylic acids is 5. The van der Waals surface area contributed by atoms with Crippen LogP contribution in [0.4, 0.5) is 0 Å². The van der Waals surface area contributed by atoms with E-state index in [0.717, 1.165) is 48.3 Å². The van der Waals surface area contributed by atoms with Crippen molar-refractivity contribution < 1.29 is 42.9 Å². The largest absolute Gasteiger partial charge is 0.465 e. The van der Waals surface area contributed by atoms with E-state index in [1.165, 1.54) is 39.0 Å². The van der Waals surface area contributed by atoms with Crippen molar-refractivity contribution >= 4 is 29.8 Å². The Morgan fingerprint density at radius 3 is 2.00 bits per heavy atom. The molecule has 0 amide bonds. The molecule has 0 aromatic rings. The van der Waals surface area contributed by atoms with Crippen LogP contribution in [-0.4, -0.2) is 48.2 Å². The number of rotatable bonds is 4. The van der Waals surface area contributed by atoms with Crippen molar-refractivity contribution in [3.05, 3.63) is 0 Å². The lowest BCUT2D eigenvalue weighted by Gasteiger charge is -2.38. The number of cyclic esters (lactones) is 3. The maximum absolute atomic E-state index is 12.0. The molecular weight excluding hydrogens is 624 g/mol. The molecule has 0 aromatic heterocycles. The van der Waals surface area contributed by atoms with Gasteiger partial charge in [0.1, 0.15) is 11.7 Å². The van der Waals surface area contributed by atoms with Gasteiger partial charge in [0.25, 0.3) is 0 Å². The predicted octanol–water partition coefficient (Wildman–Crippen LogP) is 7.03. The maximum Gasteiger partial charge on any atom is 0.317 e. The summed E-state index contributed by atoms with van der Waals surface area (Å²) in [5.74, 6) is 5.12. The molecule has 8 aliphatic rings. The van der Waals surface area contributed by atoms with E-state index >= 15 is 0 Å². The van der Waals surface area contributed by atoms with Crippen LogP contribution in [-0.2, 0) is 42.9 Å². The summed E-state index contributed by atoms with van der Waals surface area (Å²) in [6.45, 7) is 19.4. The van der Waals surface area contributed by atoms with Crippen LogP contribution in [0.15, 0.2) is 0 Å². The van der Waals surface area contributed by atoms with Crippen molar-refractivity contribution in [1.82, 2.24) is 0 Å². The minimum absolute atomic E-state index is 0.0553. The van der Waals surface area contributed by atoms with Gasteiger partial charge in [-0.1, -0.05) is 41.5 Å². The van der Waals surface area contributed by atoms with Gasteiger partial charge in [-0.05, 0) is 125 Å². The summed E-state index contributed by atoms with van der Waals surface area (Å²) >= 11 is 0. The van der Waals surface area contributed by atoms with Crippen molar-refractivity contribution in [3.63, 3.8) is 0 Å². The molecule has 9 heteroatoms. The highest BCUT2D eigenvalue weighted by Crippen LogP contribution is 2.68. The monoisotopic (exact) mass is 686 g/mol. The van der Waals surface area contributed by atoms with E-state index in [9.17, 15) is 24.0 Å². The van der Waals surface area contributed by atoms with Crippen LogP contribution in [0.1, 0.15) is 114 Å². The van der Waals surface area contributed by atoms with Gasteiger partial charge < -0.3 is 18.9 Å². The number of hydrogen-bond acceptors (Lipinski definition) is 9. The molecule has 9 nitrogen and oxygen atoms in total. The molecule has 16 unspecified atom stereocenters. The minimum Gasteiger partial charge on any atom is -0.465 e. The van der Waals surface area contributed by atoms with Gasteiger partial charge in [0.2, 0.25) is 0 Å². The van der Waals surface area contributed by atoms with Crippen LogP contribution in [0, 0.1) is 88.8 Å². The quantitative estimate of drug-likeness (QED) is 0.133. The Morgan fingerprint density at radius 1 is 0.796 bits per heavy atom. The van der Waals surface area contributed by atoms with Crippen LogP contribution in [0.3, 0.4) is 0 Å². The Morgan fingerprint density at radius 2 is 1.45 bits per heavy atom. The topological polar surface area (TPSA) is 122 Å². The molecule has 6 bridgehead atoms. The summed E-state index contributed by atoms with van der Waals surface area (Å²) in [7, 11) is 0. The summed E-state index contributed by atoms with van der Waals surface area (Å²) < 4.78 is 20.7. The van der Waals surface area contributed by atoms with Crippen molar-refractivity contribution in [2.75, 3.05) is 6.61 Å². The fourth-order valence-corrected chi connectivity index (χ4v) is 11.9. The third-order valence-electron chi connectivity index (χ3n) is 13.7. The van der Waals surface area contributed by atoms with Crippen molar-refractivity contribution in [2.24, 2.45) is 88.8 Å². The zero-order valence-electron chi connectivity index (χ0n) is 31.6. The maximum atomic E-state index is 12.0. The number of fused-ring (bicyclic) bond motifs is 14. The molecule has 0 radical (unpaired) electrons. The molecule has 49 heavy (non-hydrogen) atoms. The predicted molar refractivity (Wildman–Crippen MR) is 182 cm³/mol. The first-order valence-electron chi connectivity index (χ1n) is 19.4. The lowest BCUT2D eigenvalue weighted by atomic mass is 9.64. The van der Waals surface area contributed by atoms with E-state index < -0.39 is 11.9 Å². The lowest BCUT2D eigenvalue weighted by molar-refractivity contribution is -0.159. The fourth-order valence-electron chi connectivity index (χ4n) is 11.9. The molecule has 16 atom stereocenters. The Balaban J connectivity index is 0.000000152. The summed E-state index contributed by atoms with van der Waals surface area (Å²) in [5.41, 5.74) is -0.328. The molecule has 8 fully saturated rings. The Hall–Kier alpha value is -2.45. The van der Waals surface area contributed by atoms with E-state index in [2.05, 4.69) is 13.8 Å². The Bertz CT molecular complexity index is 1270. The highest BCUT2D eigenvalue weighted by Gasteiger charge is 2.66. The smallest absolute Gasteiger partial charge is 0.317 e. The second-order valence-corrected chi connectivity index (χ2v) is 17.2. The standard InChI is InChI=1S/C17H26O2.C15H18O5.C6H12O2.C2H6/c1-3-9(2)17(18)19-14-8-12-7-13(14)16-11-5-4-10(6-11)15(12)16;1-5-7-3-8(12-9(7)4-19-14(12)17)10(5)11-6(2)13(16)20-15(11)18;1-5(7)8-6(2,3)4;1-2/h9-16H,3-8H2,1-2H3;5-12H,3-4H2,1-2H3;1-4H3;1-2H3. The highest BCUT2D eigenvalue weighted by atomic mass is 16.6.